The third-order valence-corrected chi connectivity index (χ3v) is 4.69. The van der Waals surface area contributed by atoms with E-state index in [1.165, 1.54) is 22.3 Å². The predicted molar refractivity (Wildman–Crippen MR) is 92.0 cm³/mol. The van der Waals surface area contributed by atoms with E-state index in [9.17, 15) is 0 Å². The molecule has 0 saturated heterocycles. The molecule has 0 nitrogen and oxygen atoms in total. The van der Waals surface area contributed by atoms with Crippen LogP contribution in [0.1, 0.15) is 40.9 Å². The van der Waals surface area contributed by atoms with Crippen LogP contribution in [-0.4, -0.2) is 0 Å². The summed E-state index contributed by atoms with van der Waals surface area (Å²) < 4.78 is 0. The maximum absolute atomic E-state index is 6.07. The van der Waals surface area contributed by atoms with E-state index in [0.29, 0.717) is 4.83 Å². The number of aryl methyl sites for hydroxylation is 2. The molecule has 2 heteroatoms. The van der Waals surface area contributed by atoms with Gasteiger partial charge in [-0.1, -0.05) is 71.7 Å². The van der Waals surface area contributed by atoms with Crippen LogP contribution in [0.2, 0.25) is 5.02 Å². The molecule has 0 aliphatic rings. The fraction of sp³-hybridized carbons (Fsp3) is 0.333. The first kappa shape index (κ1) is 15.6. The van der Waals surface area contributed by atoms with Gasteiger partial charge in [-0.3, -0.25) is 0 Å². The molecule has 2 aromatic rings. The van der Waals surface area contributed by atoms with Crippen LogP contribution in [0.15, 0.2) is 42.5 Å². The molecule has 20 heavy (non-hydrogen) atoms. The van der Waals surface area contributed by atoms with Crippen molar-refractivity contribution in [2.75, 3.05) is 0 Å². The van der Waals surface area contributed by atoms with Gasteiger partial charge in [0.2, 0.25) is 0 Å². The molecule has 0 aromatic heterocycles. The lowest BCUT2D eigenvalue weighted by Gasteiger charge is -2.16. The van der Waals surface area contributed by atoms with Crippen molar-refractivity contribution in [3.63, 3.8) is 0 Å². The monoisotopic (exact) mass is 350 g/mol. The number of hydrogen-bond donors (Lipinski definition) is 0. The highest BCUT2D eigenvalue weighted by molar-refractivity contribution is 9.09. The van der Waals surface area contributed by atoms with E-state index in [1.54, 1.807) is 0 Å². The Morgan fingerprint density at radius 1 is 1.00 bits per heavy atom. The van der Waals surface area contributed by atoms with Gasteiger partial charge in [-0.2, -0.15) is 0 Å². The topological polar surface area (TPSA) is 0 Å². The maximum atomic E-state index is 6.07. The molecular formula is C18H20BrCl. The fourth-order valence-electron chi connectivity index (χ4n) is 2.46. The third kappa shape index (κ3) is 3.86. The Hall–Kier alpha value is -0.790. The van der Waals surface area contributed by atoms with Gasteiger partial charge in [0.15, 0.2) is 0 Å². The van der Waals surface area contributed by atoms with Gasteiger partial charge in [0, 0.05) is 9.85 Å². The van der Waals surface area contributed by atoms with Crippen LogP contribution < -0.4 is 0 Å². The average Bonchev–Trinajstić information content (AvgIpc) is 2.46. The highest BCUT2D eigenvalue weighted by atomic mass is 79.9. The predicted octanol–water partition coefficient (Wildman–Crippen LogP) is 6.14. The maximum Gasteiger partial charge on any atom is 0.0438 e. The Labute approximate surface area is 135 Å². The van der Waals surface area contributed by atoms with Crippen molar-refractivity contribution in [1.29, 1.82) is 0 Å². The van der Waals surface area contributed by atoms with Gasteiger partial charge in [0.05, 0.1) is 0 Å². The molecule has 0 radical (unpaired) electrons. The molecular weight excluding hydrogens is 332 g/mol. The second-order valence-electron chi connectivity index (χ2n) is 5.04. The van der Waals surface area contributed by atoms with Crippen LogP contribution in [0.4, 0.5) is 0 Å². The van der Waals surface area contributed by atoms with Gasteiger partial charge < -0.3 is 0 Å². The van der Waals surface area contributed by atoms with Crippen molar-refractivity contribution >= 4 is 27.5 Å². The van der Waals surface area contributed by atoms with Crippen LogP contribution in [0.25, 0.3) is 0 Å². The van der Waals surface area contributed by atoms with Crippen LogP contribution in [0.5, 0.6) is 0 Å². The molecule has 1 unspecified atom stereocenters. The molecule has 0 N–H and O–H groups in total. The van der Waals surface area contributed by atoms with Gasteiger partial charge in [-0.15, -0.1) is 0 Å². The Morgan fingerprint density at radius 3 is 2.45 bits per heavy atom. The third-order valence-electron chi connectivity index (χ3n) is 3.64. The minimum absolute atomic E-state index is 0.336. The van der Waals surface area contributed by atoms with E-state index < -0.39 is 0 Å². The molecule has 0 fully saturated rings. The van der Waals surface area contributed by atoms with Crippen molar-refractivity contribution in [3.8, 4) is 0 Å². The summed E-state index contributed by atoms with van der Waals surface area (Å²) in [5.74, 6) is 0. The Morgan fingerprint density at radius 2 is 1.80 bits per heavy atom. The van der Waals surface area contributed by atoms with Crippen LogP contribution >= 0.6 is 27.5 Å². The summed E-state index contributed by atoms with van der Waals surface area (Å²) in [4.78, 5) is 0.336. The average molecular weight is 352 g/mol. The lowest BCUT2D eigenvalue weighted by molar-refractivity contribution is 0.914. The summed E-state index contributed by atoms with van der Waals surface area (Å²) in [5, 5.41) is 0.806. The first-order valence-electron chi connectivity index (χ1n) is 7.14. The lowest BCUT2D eigenvalue weighted by Crippen LogP contribution is -2.01. The molecule has 2 aromatic carbocycles. The Bertz CT molecular complexity index is 577. The summed E-state index contributed by atoms with van der Waals surface area (Å²) in [5.41, 5.74) is 5.49. The van der Waals surface area contributed by atoms with Crippen molar-refractivity contribution in [1.82, 2.24) is 0 Å². The number of rotatable bonds is 5. The normalized spacial score (nSPS) is 12.4. The smallest absolute Gasteiger partial charge is 0.0438 e. The van der Waals surface area contributed by atoms with Crippen LogP contribution in [0.3, 0.4) is 0 Å². The van der Waals surface area contributed by atoms with Gasteiger partial charge in [0.25, 0.3) is 0 Å². The molecule has 0 spiro atoms. The summed E-state index contributed by atoms with van der Waals surface area (Å²) in [6.07, 6.45) is 3.10. The molecule has 0 saturated carbocycles. The molecule has 0 amide bonds. The van der Waals surface area contributed by atoms with Crippen molar-refractivity contribution in [3.05, 3.63) is 69.7 Å². The molecule has 0 bridgehead atoms. The zero-order chi connectivity index (χ0) is 14.5. The summed E-state index contributed by atoms with van der Waals surface area (Å²) in [6, 6.07) is 15.0. The number of hydrogen-bond acceptors (Lipinski definition) is 0. The second-order valence-corrected chi connectivity index (χ2v) is 6.58. The first-order valence-corrected chi connectivity index (χ1v) is 8.43. The van der Waals surface area contributed by atoms with E-state index >= 15 is 0 Å². The summed E-state index contributed by atoms with van der Waals surface area (Å²) in [6.45, 7) is 4.41. The van der Waals surface area contributed by atoms with Gasteiger partial charge in [-0.05, 0) is 53.6 Å². The summed E-state index contributed by atoms with van der Waals surface area (Å²) >= 11 is 9.92. The second kappa shape index (κ2) is 7.28. The highest BCUT2D eigenvalue weighted by Crippen LogP contribution is 2.31. The summed E-state index contributed by atoms with van der Waals surface area (Å²) in [7, 11) is 0. The van der Waals surface area contributed by atoms with Gasteiger partial charge in [-0.25, -0.2) is 0 Å². The van der Waals surface area contributed by atoms with E-state index in [2.05, 4.69) is 54.0 Å². The van der Waals surface area contributed by atoms with Crippen LogP contribution in [-0.2, 0) is 19.3 Å². The quantitative estimate of drug-likeness (QED) is 0.567. The van der Waals surface area contributed by atoms with E-state index in [1.807, 2.05) is 18.2 Å². The molecule has 1 atom stereocenters. The van der Waals surface area contributed by atoms with Crippen molar-refractivity contribution in [2.45, 2.75) is 37.9 Å². The Balaban J connectivity index is 2.25. The van der Waals surface area contributed by atoms with E-state index in [0.717, 1.165) is 24.3 Å². The van der Waals surface area contributed by atoms with E-state index in [-0.39, 0.29) is 0 Å². The SMILES string of the molecule is CCc1ccc(CC)c(C(Br)Cc2cccc(Cl)c2)c1. The molecule has 106 valence electrons. The van der Waals surface area contributed by atoms with Crippen molar-refractivity contribution < 1.29 is 0 Å². The van der Waals surface area contributed by atoms with E-state index in [4.69, 9.17) is 11.6 Å². The Kier molecular flexibility index (Phi) is 5.68. The van der Waals surface area contributed by atoms with Crippen LogP contribution in [0, 0.1) is 0 Å². The largest absolute Gasteiger partial charge is 0.0843 e. The minimum atomic E-state index is 0.336. The zero-order valence-corrected chi connectivity index (χ0v) is 14.3. The fourth-order valence-corrected chi connectivity index (χ4v) is 3.47. The number of benzene rings is 2. The minimum Gasteiger partial charge on any atom is -0.0843 e. The molecule has 0 heterocycles. The lowest BCUT2D eigenvalue weighted by atomic mass is 9.95. The number of halogens is 2. The zero-order valence-electron chi connectivity index (χ0n) is 12.0. The molecule has 2 rings (SSSR count). The van der Waals surface area contributed by atoms with Gasteiger partial charge in [0.1, 0.15) is 0 Å². The highest BCUT2D eigenvalue weighted by Gasteiger charge is 2.13. The molecule has 0 aliphatic carbocycles. The molecule has 0 aliphatic heterocycles. The first-order chi connectivity index (χ1) is 9.63. The number of alkyl halides is 1. The van der Waals surface area contributed by atoms with Gasteiger partial charge >= 0.3 is 0 Å². The van der Waals surface area contributed by atoms with Crippen molar-refractivity contribution in [2.24, 2.45) is 0 Å². The standard InChI is InChI=1S/C18H20BrCl/c1-3-13-8-9-15(4-2)17(11-13)18(19)12-14-6-5-7-16(20)10-14/h5-11,18H,3-4,12H2,1-2H3.